The molecule has 0 amide bonds. The molecule has 20 heavy (non-hydrogen) atoms. The smallest absolute Gasteiger partial charge is 0.0897 e. The van der Waals surface area contributed by atoms with Crippen LogP contribution in [0.1, 0.15) is 41.7 Å². The number of aromatic nitrogens is 2. The molecule has 1 aliphatic rings. The van der Waals surface area contributed by atoms with Gasteiger partial charge in [-0.15, -0.1) is 11.3 Å². The lowest BCUT2D eigenvalue weighted by Gasteiger charge is -2.35. The highest BCUT2D eigenvalue weighted by molar-refractivity contribution is 7.09. The van der Waals surface area contributed by atoms with Crippen molar-refractivity contribution in [2.45, 2.75) is 38.6 Å². The Balaban J connectivity index is 1.66. The van der Waals surface area contributed by atoms with Crippen LogP contribution >= 0.6 is 11.3 Å². The number of hydrogen-bond acceptors (Lipinski definition) is 4. The predicted molar refractivity (Wildman–Crippen MR) is 83.0 cm³/mol. The fourth-order valence-corrected chi connectivity index (χ4v) is 3.59. The minimum absolute atomic E-state index is 0.490. The van der Waals surface area contributed by atoms with E-state index in [9.17, 15) is 0 Å². The van der Waals surface area contributed by atoms with E-state index >= 15 is 0 Å². The van der Waals surface area contributed by atoms with Crippen LogP contribution in [0.25, 0.3) is 0 Å². The SMILES string of the molecule is Cc1nc(CCN2CCCCC2c2ccccn2)cs1. The van der Waals surface area contributed by atoms with Gasteiger partial charge < -0.3 is 0 Å². The fraction of sp³-hybridized carbons (Fsp3) is 0.500. The molecule has 3 rings (SSSR count). The van der Waals surface area contributed by atoms with Gasteiger partial charge in [-0.05, 0) is 38.4 Å². The number of likely N-dealkylation sites (tertiary alicyclic amines) is 1. The Morgan fingerprint density at radius 1 is 1.35 bits per heavy atom. The third-order valence-electron chi connectivity index (χ3n) is 3.96. The fourth-order valence-electron chi connectivity index (χ4n) is 2.95. The summed E-state index contributed by atoms with van der Waals surface area (Å²) in [6.45, 7) is 4.35. The van der Waals surface area contributed by atoms with Gasteiger partial charge in [0.1, 0.15) is 0 Å². The van der Waals surface area contributed by atoms with Gasteiger partial charge in [0.15, 0.2) is 0 Å². The number of rotatable bonds is 4. The molecule has 0 aromatic carbocycles. The van der Waals surface area contributed by atoms with Gasteiger partial charge in [0.05, 0.1) is 22.4 Å². The average Bonchev–Trinajstić information content (AvgIpc) is 2.92. The second-order valence-electron chi connectivity index (χ2n) is 5.41. The van der Waals surface area contributed by atoms with Gasteiger partial charge in [0.25, 0.3) is 0 Å². The third kappa shape index (κ3) is 3.25. The van der Waals surface area contributed by atoms with Gasteiger partial charge in [-0.2, -0.15) is 0 Å². The van der Waals surface area contributed by atoms with Crippen LogP contribution in [-0.2, 0) is 6.42 Å². The van der Waals surface area contributed by atoms with E-state index in [1.807, 2.05) is 12.3 Å². The van der Waals surface area contributed by atoms with Crippen molar-refractivity contribution in [2.24, 2.45) is 0 Å². The molecule has 1 fully saturated rings. The molecule has 2 aromatic rings. The highest BCUT2D eigenvalue weighted by atomic mass is 32.1. The highest BCUT2D eigenvalue weighted by Crippen LogP contribution is 2.29. The first-order valence-corrected chi connectivity index (χ1v) is 8.27. The van der Waals surface area contributed by atoms with Crippen molar-refractivity contribution in [3.05, 3.63) is 46.2 Å². The van der Waals surface area contributed by atoms with Crippen LogP contribution in [-0.4, -0.2) is 28.0 Å². The molecule has 0 spiro atoms. The summed E-state index contributed by atoms with van der Waals surface area (Å²) in [5, 5.41) is 3.36. The zero-order chi connectivity index (χ0) is 13.8. The lowest BCUT2D eigenvalue weighted by molar-refractivity contribution is 0.147. The van der Waals surface area contributed by atoms with Gasteiger partial charge in [-0.25, -0.2) is 4.98 Å². The van der Waals surface area contributed by atoms with Crippen LogP contribution in [0.5, 0.6) is 0 Å². The summed E-state index contributed by atoms with van der Waals surface area (Å²) < 4.78 is 0. The Bertz CT molecular complexity index is 538. The largest absolute Gasteiger partial charge is 0.294 e. The zero-order valence-corrected chi connectivity index (χ0v) is 12.8. The molecule has 3 heterocycles. The van der Waals surface area contributed by atoms with E-state index in [-0.39, 0.29) is 0 Å². The first-order chi connectivity index (χ1) is 9.83. The number of aryl methyl sites for hydroxylation is 1. The number of pyridine rings is 1. The Morgan fingerprint density at radius 3 is 3.05 bits per heavy atom. The van der Waals surface area contributed by atoms with Crippen molar-refractivity contribution >= 4 is 11.3 Å². The Morgan fingerprint density at radius 2 is 2.30 bits per heavy atom. The summed E-state index contributed by atoms with van der Waals surface area (Å²) >= 11 is 1.75. The van der Waals surface area contributed by atoms with Crippen molar-refractivity contribution in [2.75, 3.05) is 13.1 Å². The Hall–Kier alpha value is -1.26. The van der Waals surface area contributed by atoms with Crippen molar-refractivity contribution in [3.8, 4) is 0 Å². The topological polar surface area (TPSA) is 29.0 Å². The molecule has 106 valence electrons. The molecule has 3 nitrogen and oxygen atoms in total. The maximum Gasteiger partial charge on any atom is 0.0897 e. The Kier molecular flexibility index (Phi) is 4.43. The second kappa shape index (κ2) is 6.46. The zero-order valence-electron chi connectivity index (χ0n) is 12.0. The van der Waals surface area contributed by atoms with Crippen LogP contribution in [0.2, 0.25) is 0 Å². The molecular formula is C16H21N3S. The second-order valence-corrected chi connectivity index (χ2v) is 6.47. The first kappa shape index (κ1) is 13.7. The van der Waals surface area contributed by atoms with Crippen molar-refractivity contribution < 1.29 is 0 Å². The van der Waals surface area contributed by atoms with E-state index in [1.54, 1.807) is 11.3 Å². The normalized spacial score (nSPS) is 20.1. The van der Waals surface area contributed by atoms with E-state index in [0.717, 1.165) is 13.0 Å². The number of hydrogen-bond donors (Lipinski definition) is 0. The number of thiazole rings is 1. The summed E-state index contributed by atoms with van der Waals surface area (Å²) in [4.78, 5) is 11.7. The van der Waals surface area contributed by atoms with Crippen LogP contribution in [0, 0.1) is 6.92 Å². The van der Waals surface area contributed by atoms with Gasteiger partial charge in [-0.3, -0.25) is 9.88 Å². The number of nitrogens with zero attached hydrogens (tertiary/aromatic N) is 3. The standard InChI is InChI=1S/C16H21N3S/c1-13-18-14(12-20-13)8-11-19-10-5-3-7-16(19)15-6-2-4-9-17-15/h2,4,6,9,12,16H,3,5,7-8,10-11H2,1H3. The molecule has 1 unspecified atom stereocenters. The summed E-state index contributed by atoms with van der Waals surface area (Å²) in [5.74, 6) is 0. The van der Waals surface area contributed by atoms with E-state index in [1.165, 1.54) is 42.2 Å². The first-order valence-electron chi connectivity index (χ1n) is 7.39. The van der Waals surface area contributed by atoms with Gasteiger partial charge in [-0.1, -0.05) is 12.5 Å². The third-order valence-corrected chi connectivity index (χ3v) is 4.79. The lowest BCUT2D eigenvalue weighted by atomic mass is 9.98. The monoisotopic (exact) mass is 287 g/mol. The average molecular weight is 287 g/mol. The molecule has 2 aromatic heterocycles. The molecular weight excluding hydrogens is 266 g/mol. The van der Waals surface area contributed by atoms with Crippen LogP contribution in [0.3, 0.4) is 0 Å². The summed E-state index contributed by atoms with van der Waals surface area (Å²) in [7, 11) is 0. The van der Waals surface area contributed by atoms with Gasteiger partial charge >= 0.3 is 0 Å². The molecule has 1 aliphatic heterocycles. The molecule has 4 heteroatoms. The molecule has 0 aliphatic carbocycles. The van der Waals surface area contributed by atoms with Crippen LogP contribution < -0.4 is 0 Å². The minimum atomic E-state index is 0.490. The van der Waals surface area contributed by atoms with Crippen LogP contribution in [0.15, 0.2) is 29.8 Å². The van der Waals surface area contributed by atoms with E-state index < -0.39 is 0 Å². The number of piperidine rings is 1. The lowest BCUT2D eigenvalue weighted by Crippen LogP contribution is -2.35. The van der Waals surface area contributed by atoms with Crippen molar-refractivity contribution in [1.29, 1.82) is 0 Å². The van der Waals surface area contributed by atoms with E-state index in [4.69, 9.17) is 0 Å². The molecule has 0 bridgehead atoms. The highest BCUT2D eigenvalue weighted by Gasteiger charge is 2.24. The maximum atomic E-state index is 4.57. The predicted octanol–water partition coefficient (Wildman–Crippen LogP) is 3.62. The molecule has 0 N–H and O–H groups in total. The molecule has 1 saturated heterocycles. The van der Waals surface area contributed by atoms with Crippen molar-refractivity contribution in [1.82, 2.24) is 14.9 Å². The molecule has 0 radical (unpaired) electrons. The van der Waals surface area contributed by atoms with E-state index in [0.29, 0.717) is 6.04 Å². The van der Waals surface area contributed by atoms with Crippen LogP contribution in [0.4, 0.5) is 0 Å². The van der Waals surface area contributed by atoms with Crippen molar-refractivity contribution in [3.63, 3.8) is 0 Å². The van der Waals surface area contributed by atoms with Gasteiger partial charge in [0.2, 0.25) is 0 Å². The Labute approximate surface area is 124 Å². The minimum Gasteiger partial charge on any atom is -0.294 e. The summed E-state index contributed by atoms with van der Waals surface area (Å²) in [5.41, 5.74) is 2.46. The van der Waals surface area contributed by atoms with E-state index in [2.05, 4.69) is 39.3 Å². The summed E-state index contributed by atoms with van der Waals surface area (Å²) in [6, 6.07) is 6.74. The molecule has 0 saturated carbocycles. The van der Waals surface area contributed by atoms with Gasteiger partial charge in [0, 0.05) is 24.5 Å². The maximum absolute atomic E-state index is 4.57. The summed E-state index contributed by atoms with van der Waals surface area (Å²) in [6.07, 6.45) is 6.81. The molecule has 1 atom stereocenters. The quantitative estimate of drug-likeness (QED) is 0.860.